The number of benzene rings is 1. The molecule has 0 aliphatic carbocycles. The Hall–Kier alpha value is -2.93. The van der Waals surface area contributed by atoms with Crippen molar-refractivity contribution in [3.05, 3.63) is 59.3 Å². The zero-order chi connectivity index (χ0) is 20.8. The molecule has 0 bridgehead atoms. The molecule has 3 rings (SSSR count). The van der Waals surface area contributed by atoms with Gasteiger partial charge in [0.1, 0.15) is 0 Å². The molecule has 0 radical (unpaired) electrons. The average Bonchev–Trinajstić information content (AvgIpc) is 3.21. The number of alkyl halides is 1. The van der Waals surface area contributed by atoms with E-state index in [0.717, 1.165) is 0 Å². The second-order valence-corrected chi connectivity index (χ2v) is 7.14. The standard InChI is InChI=1S/C21H23ClN4O3/c1-15-13-25(20(28)16-5-3-2-4-6-16)9-10-26(15)21(29)19(27)18-12-24-11-17(18)7-8-23-14-22/h2-8,12,15,23H,9-11,13-14H2,1H3/t15-/m1/s1. The van der Waals surface area contributed by atoms with Crippen molar-refractivity contribution >= 4 is 35.4 Å². The summed E-state index contributed by atoms with van der Waals surface area (Å²) in [6.07, 6.45) is 4.78. The quantitative estimate of drug-likeness (QED) is 0.435. The van der Waals surface area contributed by atoms with Crippen LogP contribution in [0.2, 0.25) is 0 Å². The number of amides is 2. The summed E-state index contributed by atoms with van der Waals surface area (Å²) in [5.74, 6) is -1.21. The Morgan fingerprint density at radius 1 is 1.24 bits per heavy atom. The van der Waals surface area contributed by atoms with Crippen LogP contribution in [-0.4, -0.2) is 71.8 Å². The number of ketones is 1. The molecule has 0 saturated carbocycles. The average molecular weight is 415 g/mol. The molecule has 1 atom stereocenters. The summed E-state index contributed by atoms with van der Waals surface area (Å²) in [6, 6.07) is 9.03. The number of halogens is 1. The first-order valence-corrected chi connectivity index (χ1v) is 9.95. The lowest BCUT2D eigenvalue weighted by molar-refractivity contribution is -0.145. The summed E-state index contributed by atoms with van der Waals surface area (Å²) in [7, 11) is 0. The van der Waals surface area contributed by atoms with Gasteiger partial charge in [-0.1, -0.05) is 18.2 Å². The van der Waals surface area contributed by atoms with E-state index in [1.807, 2.05) is 25.1 Å². The molecule has 1 saturated heterocycles. The predicted molar refractivity (Wildman–Crippen MR) is 112 cm³/mol. The first-order chi connectivity index (χ1) is 14.0. The first-order valence-electron chi connectivity index (χ1n) is 9.41. The number of Topliss-reactive ketones (excluding diaryl/α,β-unsaturated/α-hetero) is 1. The molecular weight excluding hydrogens is 392 g/mol. The molecule has 1 aromatic carbocycles. The summed E-state index contributed by atoms with van der Waals surface area (Å²) in [5.41, 5.74) is 1.59. The van der Waals surface area contributed by atoms with Gasteiger partial charge in [0.2, 0.25) is 0 Å². The Morgan fingerprint density at radius 2 is 2.00 bits per heavy atom. The van der Waals surface area contributed by atoms with Crippen LogP contribution in [0.15, 0.2) is 58.7 Å². The van der Waals surface area contributed by atoms with Gasteiger partial charge in [0.25, 0.3) is 17.6 Å². The minimum Gasteiger partial charge on any atom is -0.378 e. The predicted octanol–water partition coefficient (Wildman–Crippen LogP) is 1.61. The van der Waals surface area contributed by atoms with E-state index < -0.39 is 11.7 Å². The third-order valence-electron chi connectivity index (χ3n) is 4.94. The van der Waals surface area contributed by atoms with Gasteiger partial charge in [-0.15, -0.1) is 11.6 Å². The minimum atomic E-state index is -0.577. The van der Waals surface area contributed by atoms with Gasteiger partial charge in [-0.05, 0) is 36.9 Å². The number of hydrogen-bond donors (Lipinski definition) is 1. The van der Waals surface area contributed by atoms with Crippen LogP contribution in [0, 0.1) is 0 Å². The molecule has 2 heterocycles. The summed E-state index contributed by atoms with van der Waals surface area (Å²) in [6.45, 7) is 3.28. The fraction of sp³-hybridized carbons (Fsp3) is 0.333. The molecule has 0 spiro atoms. The van der Waals surface area contributed by atoms with Crippen LogP contribution in [0.4, 0.5) is 0 Å². The van der Waals surface area contributed by atoms with Gasteiger partial charge in [0, 0.05) is 37.5 Å². The molecule has 8 heteroatoms. The van der Waals surface area contributed by atoms with Gasteiger partial charge >= 0.3 is 0 Å². The topological polar surface area (TPSA) is 82.1 Å². The lowest BCUT2D eigenvalue weighted by atomic mass is 10.0. The molecule has 0 aromatic heterocycles. The molecule has 0 unspecified atom stereocenters. The Kier molecular flexibility index (Phi) is 6.82. The third kappa shape index (κ3) is 4.74. The number of aliphatic imine (C=N–C) groups is 1. The molecule has 2 aliphatic heterocycles. The molecular formula is C21H23ClN4O3. The fourth-order valence-electron chi connectivity index (χ4n) is 3.41. The molecule has 152 valence electrons. The molecule has 1 fully saturated rings. The Balaban J connectivity index is 1.66. The number of piperazine rings is 1. The van der Waals surface area contributed by atoms with Gasteiger partial charge < -0.3 is 15.1 Å². The van der Waals surface area contributed by atoms with Gasteiger partial charge in [-0.3, -0.25) is 19.4 Å². The van der Waals surface area contributed by atoms with Crippen LogP contribution >= 0.6 is 11.6 Å². The maximum absolute atomic E-state index is 12.8. The van der Waals surface area contributed by atoms with Crippen LogP contribution in [-0.2, 0) is 9.59 Å². The maximum atomic E-state index is 12.8. The van der Waals surface area contributed by atoms with E-state index in [-0.39, 0.29) is 18.0 Å². The van der Waals surface area contributed by atoms with E-state index in [9.17, 15) is 14.4 Å². The number of carbonyl (C=O) groups is 3. The van der Waals surface area contributed by atoms with Crippen molar-refractivity contribution in [2.24, 2.45) is 4.99 Å². The number of nitrogens with zero attached hydrogens (tertiary/aromatic N) is 3. The molecule has 2 amide bonds. The van der Waals surface area contributed by atoms with Gasteiger partial charge in [-0.25, -0.2) is 0 Å². The number of carbonyl (C=O) groups excluding carboxylic acids is 3. The Bertz CT molecular complexity index is 879. The largest absolute Gasteiger partial charge is 0.378 e. The molecule has 1 N–H and O–H groups in total. The van der Waals surface area contributed by atoms with Crippen molar-refractivity contribution in [1.82, 2.24) is 15.1 Å². The van der Waals surface area contributed by atoms with E-state index in [1.54, 1.807) is 29.3 Å². The monoisotopic (exact) mass is 414 g/mol. The molecule has 1 aromatic rings. The van der Waals surface area contributed by atoms with E-state index in [2.05, 4.69) is 10.3 Å². The zero-order valence-corrected chi connectivity index (χ0v) is 16.9. The highest BCUT2D eigenvalue weighted by Crippen LogP contribution is 2.18. The second kappa shape index (κ2) is 9.52. The van der Waals surface area contributed by atoms with Crippen LogP contribution in [0.1, 0.15) is 17.3 Å². The van der Waals surface area contributed by atoms with Gasteiger partial charge in [0.05, 0.1) is 18.1 Å². The van der Waals surface area contributed by atoms with Gasteiger partial charge in [0.15, 0.2) is 0 Å². The van der Waals surface area contributed by atoms with Crippen LogP contribution in [0.3, 0.4) is 0 Å². The summed E-state index contributed by atoms with van der Waals surface area (Å²) in [4.78, 5) is 45.6. The van der Waals surface area contributed by atoms with Crippen molar-refractivity contribution < 1.29 is 14.4 Å². The lowest BCUT2D eigenvalue weighted by Gasteiger charge is -2.39. The Morgan fingerprint density at radius 3 is 2.69 bits per heavy atom. The van der Waals surface area contributed by atoms with Crippen LogP contribution < -0.4 is 5.32 Å². The SMILES string of the molecule is C[C@@H]1CN(C(=O)c2ccccc2)CCN1C(=O)C(=O)C1=C(C=CNCCl)CN=C1. The van der Waals surface area contributed by atoms with Crippen molar-refractivity contribution in [3.63, 3.8) is 0 Å². The van der Waals surface area contributed by atoms with Crippen molar-refractivity contribution in [2.75, 3.05) is 32.2 Å². The lowest BCUT2D eigenvalue weighted by Crippen LogP contribution is -2.57. The third-order valence-corrected chi connectivity index (χ3v) is 5.10. The van der Waals surface area contributed by atoms with E-state index in [0.29, 0.717) is 42.9 Å². The smallest absolute Gasteiger partial charge is 0.295 e. The molecule has 7 nitrogen and oxygen atoms in total. The number of rotatable bonds is 6. The highest BCUT2D eigenvalue weighted by atomic mass is 35.5. The van der Waals surface area contributed by atoms with E-state index >= 15 is 0 Å². The summed E-state index contributed by atoms with van der Waals surface area (Å²) >= 11 is 5.56. The highest BCUT2D eigenvalue weighted by Gasteiger charge is 2.34. The van der Waals surface area contributed by atoms with Gasteiger partial charge in [-0.2, -0.15) is 0 Å². The van der Waals surface area contributed by atoms with Crippen LogP contribution in [0.5, 0.6) is 0 Å². The number of nitrogens with one attached hydrogen (secondary N) is 1. The number of hydrogen-bond acceptors (Lipinski definition) is 5. The first kappa shape index (κ1) is 20.8. The van der Waals surface area contributed by atoms with E-state index in [1.165, 1.54) is 11.1 Å². The normalized spacial score (nSPS) is 19.2. The molecule has 2 aliphatic rings. The second-order valence-electron chi connectivity index (χ2n) is 6.87. The van der Waals surface area contributed by atoms with Crippen molar-refractivity contribution in [3.8, 4) is 0 Å². The Labute approximate surface area is 174 Å². The highest BCUT2D eigenvalue weighted by molar-refractivity contribution is 6.47. The summed E-state index contributed by atoms with van der Waals surface area (Å²) in [5, 5.41) is 2.81. The fourth-order valence-corrected chi connectivity index (χ4v) is 3.50. The van der Waals surface area contributed by atoms with Crippen molar-refractivity contribution in [2.45, 2.75) is 13.0 Å². The zero-order valence-electron chi connectivity index (χ0n) is 16.2. The molecule has 29 heavy (non-hydrogen) atoms. The minimum absolute atomic E-state index is 0.0688. The van der Waals surface area contributed by atoms with Crippen molar-refractivity contribution in [1.29, 1.82) is 0 Å². The summed E-state index contributed by atoms with van der Waals surface area (Å²) < 4.78 is 0. The van der Waals surface area contributed by atoms with Crippen LogP contribution in [0.25, 0.3) is 0 Å². The maximum Gasteiger partial charge on any atom is 0.295 e. The van der Waals surface area contributed by atoms with E-state index in [4.69, 9.17) is 11.6 Å².